The van der Waals surface area contributed by atoms with Crippen molar-refractivity contribution in [2.24, 2.45) is 0 Å². The zero-order valence-electron chi connectivity index (χ0n) is 14.9. The summed E-state index contributed by atoms with van der Waals surface area (Å²) in [7, 11) is 1.51. The lowest BCUT2D eigenvalue weighted by molar-refractivity contribution is 0.211. The van der Waals surface area contributed by atoms with Crippen LogP contribution in [0.3, 0.4) is 0 Å². The van der Waals surface area contributed by atoms with Gasteiger partial charge in [0.05, 0.1) is 23.8 Å². The van der Waals surface area contributed by atoms with Crippen LogP contribution in [0.25, 0.3) is 0 Å². The van der Waals surface area contributed by atoms with Crippen LogP contribution in [0, 0.1) is 11.3 Å². The molecule has 2 aromatic rings. The highest BCUT2D eigenvalue weighted by Gasteiger charge is 2.14. The molecule has 0 aliphatic carbocycles. The van der Waals surface area contributed by atoms with E-state index in [1.165, 1.54) is 12.7 Å². The number of benzene rings is 2. The van der Waals surface area contributed by atoms with Crippen LogP contribution in [0.5, 0.6) is 17.2 Å². The average molecular weight is 360 g/mol. The maximum Gasteiger partial charge on any atom is 0.179 e. The molecular formula is C20H22ClNO3. The van der Waals surface area contributed by atoms with Gasteiger partial charge in [0.2, 0.25) is 0 Å². The van der Waals surface area contributed by atoms with Gasteiger partial charge in [0.1, 0.15) is 19.0 Å². The first kappa shape index (κ1) is 19.0. The molecule has 0 radical (unpaired) electrons. The van der Waals surface area contributed by atoms with Crippen molar-refractivity contribution in [2.75, 3.05) is 20.3 Å². The molecule has 2 aromatic carbocycles. The van der Waals surface area contributed by atoms with Gasteiger partial charge >= 0.3 is 0 Å². The molecule has 4 nitrogen and oxygen atoms in total. The van der Waals surface area contributed by atoms with Crippen LogP contribution in [0.4, 0.5) is 0 Å². The molecule has 0 atom stereocenters. The van der Waals surface area contributed by atoms with Crippen LogP contribution in [0.15, 0.2) is 36.4 Å². The van der Waals surface area contributed by atoms with Gasteiger partial charge in [-0.2, -0.15) is 5.26 Å². The van der Waals surface area contributed by atoms with Crippen molar-refractivity contribution >= 4 is 11.6 Å². The molecule has 2 rings (SSSR count). The molecule has 5 heteroatoms. The third kappa shape index (κ3) is 5.04. The summed E-state index contributed by atoms with van der Waals surface area (Å²) in [5.74, 6) is 1.63. The summed E-state index contributed by atoms with van der Waals surface area (Å²) in [6, 6.07) is 13.2. The molecule has 0 unspecified atom stereocenters. The van der Waals surface area contributed by atoms with Crippen molar-refractivity contribution in [1.82, 2.24) is 0 Å². The number of nitrogens with zero attached hydrogens (tertiary/aromatic N) is 1. The minimum atomic E-state index is 0.116. The van der Waals surface area contributed by atoms with E-state index in [9.17, 15) is 0 Å². The van der Waals surface area contributed by atoms with Gasteiger partial charge in [-0.05, 0) is 29.2 Å². The van der Waals surface area contributed by atoms with Gasteiger partial charge in [-0.25, -0.2) is 0 Å². The van der Waals surface area contributed by atoms with Crippen LogP contribution in [-0.2, 0) is 5.41 Å². The number of halogens is 1. The molecule has 0 spiro atoms. The van der Waals surface area contributed by atoms with E-state index in [4.69, 9.17) is 31.1 Å². The fourth-order valence-electron chi connectivity index (χ4n) is 2.28. The van der Waals surface area contributed by atoms with Gasteiger partial charge < -0.3 is 14.2 Å². The van der Waals surface area contributed by atoms with Gasteiger partial charge in [0.25, 0.3) is 0 Å². The molecule has 0 heterocycles. The number of methoxy groups -OCH3 is 1. The summed E-state index contributed by atoms with van der Waals surface area (Å²) >= 11 is 6.15. The Morgan fingerprint density at radius 1 is 1.04 bits per heavy atom. The molecular weight excluding hydrogens is 338 g/mol. The normalized spacial score (nSPS) is 10.9. The van der Waals surface area contributed by atoms with Crippen molar-refractivity contribution in [3.63, 3.8) is 0 Å². The third-order valence-corrected chi connectivity index (χ3v) is 3.96. The van der Waals surface area contributed by atoms with Gasteiger partial charge in [-0.3, -0.25) is 0 Å². The molecule has 0 saturated carbocycles. The molecule has 132 valence electrons. The Morgan fingerprint density at radius 2 is 1.68 bits per heavy atom. The highest BCUT2D eigenvalue weighted by atomic mass is 35.5. The van der Waals surface area contributed by atoms with E-state index in [2.05, 4.69) is 32.9 Å². The minimum absolute atomic E-state index is 0.116. The van der Waals surface area contributed by atoms with E-state index in [1.807, 2.05) is 18.2 Å². The second-order valence-electron chi connectivity index (χ2n) is 6.57. The Kier molecular flexibility index (Phi) is 6.17. The molecule has 25 heavy (non-hydrogen) atoms. The first-order chi connectivity index (χ1) is 11.8. The molecule has 0 N–H and O–H groups in total. The summed E-state index contributed by atoms with van der Waals surface area (Å²) in [5, 5.41) is 9.30. The Labute approximate surface area is 153 Å². The molecule has 0 fully saturated rings. The number of nitriles is 1. The standard InChI is InChI=1S/C20H22ClNO3/c1-20(2,3)15-5-7-16(8-6-15)24-9-10-25-19-17(21)11-14(13-22)12-18(19)23-4/h5-8,11-12H,9-10H2,1-4H3. The summed E-state index contributed by atoms with van der Waals surface area (Å²) < 4.78 is 16.6. The highest BCUT2D eigenvalue weighted by molar-refractivity contribution is 6.32. The number of hydrogen-bond acceptors (Lipinski definition) is 4. The van der Waals surface area contributed by atoms with Gasteiger partial charge in [0, 0.05) is 6.07 Å². The number of ether oxygens (including phenoxy) is 3. The Bertz CT molecular complexity index is 758. The average Bonchev–Trinajstić information content (AvgIpc) is 2.58. The minimum Gasteiger partial charge on any atom is -0.493 e. The lowest BCUT2D eigenvalue weighted by Gasteiger charge is -2.19. The van der Waals surface area contributed by atoms with E-state index < -0.39 is 0 Å². The highest BCUT2D eigenvalue weighted by Crippen LogP contribution is 2.36. The topological polar surface area (TPSA) is 51.5 Å². The summed E-state index contributed by atoms with van der Waals surface area (Å²) in [4.78, 5) is 0. The van der Waals surface area contributed by atoms with Gasteiger partial charge in [-0.1, -0.05) is 44.5 Å². The van der Waals surface area contributed by atoms with Crippen molar-refractivity contribution in [2.45, 2.75) is 26.2 Å². The zero-order chi connectivity index (χ0) is 18.4. The summed E-state index contributed by atoms with van der Waals surface area (Å²) in [6.45, 7) is 7.19. The van der Waals surface area contributed by atoms with Crippen LogP contribution in [-0.4, -0.2) is 20.3 Å². The predicted octanol–water partition coefficient (Wildman–Crippen LogP) is 4.98. The van der Waals surface area contributed by atoms with E-state index in [0.717, 1.165) is 5.75 Å². The van der Waals surface area contributed by atoms with E-state index in [-0.39, 0.29) is 5.41 Å². The fourth-order valence-corrected chi connectivity index (χ4v) is 2.54. The number of hydrogen-bond donors (Lipinski definition) is 0. The summed E-state index contributed by atoms with van der Waals surface area (Å²) in [6.07, 6.45) is 0. The maximum atomic E-state index is 8.96. The number of rotatable bonds is 6. The molecule has 0 bridgehead atoms. The van der Waals surface area contributed by atoms with E-state index >= 15 is 0 Å². The molecule has 0 saturated heterocycles. The predicted molar refractivity (Wildman–Crippen MR) is 98.9 cm³/mol. The van der Waals surface area contributed by atoms with E-state index in [1.54, 1.807) is 12.1 Å². The maximum absolute atomic E-state index is 8.96. The zero-order valence-corrected chi connectivity index (χ0v) is 15.7. The van der Waals surface area contributed by atoms with Crippen molar-refractivity contribution in [3.05, 3.63) is 52.5 Å². The SMILES string of the molecule is COc1cc(C#N)cc(Cl)c1OCCOc1ccc(C(C)(C)C)cc1. The van der Waals surface area contributed by atoms with Crippen molar-refractivity contribution < 1.29 is 14.2 Å². The monoisotopic (exact) mass is 359 g/mol. The second kappa shape index (κ2) is 8.13. The molecule has 0 aliphatic rings. The van der Waals surface area contributed by atoms with Crippen molar-refractivity contribution in [3.8, 4) is 23.3 Å². The molecule has 0 aliphatic heterocycles. The lowest BCUT2D eigenvalue weighted by atomic mass is 9.87. The van der Waals surface area contributed by atoms with Gasteiger partial charge in [0.15, 0.2) is 11.5 Å². The van der Waals surface area contributed by atoms with Crippen LogP contribution >= 0.6 is 11.6 Å². The largest absolute Gasteiger partial charge is 0.493 e. The smallest absolute Gasteiger partial charge is 0.179 e. The summed E-state index contributed by atoms with van der Waals surface area (Å²) in [5.41, 5.74) is 1.79. The Hall–Kier alpha value is -2.38. The van der Waals surface area contributed by atoms with Crippen molar-refractivity contribution in [1.29, 1.82) is 5.26 Å². The third-order valence-electron chi connectivity index (χ3n) is 3.68. The quantitative estimate of drug-likeness (QED) is 0.683. The molecule has 0 aromatic heterocycles. The first-order valence-electron chi connectivity index (χ1n) is 7.99. The van der Waals surface area contributed by atoms with Crippen LogP contribution < -0.4 is 14.2 Å². The second-order valence-corrected chi connectivity index (χ2v) is 6.98. The fraction of sp³-hybridized carbons (Fsp3) is 0.350. The van der Waals surface area contributed by atoms with Crippen LogP contribution in [0.2, 0.25) is 5.02 Å². The van der Waals surface area contributed by atoms with Gasteiger partial charge in [-0.15, -0.1) is 0 Å². The Morgan fingerprint density at radius 3 is 2.24 bits per heavy atom. The first-order valence-corrected chi connectivity index (χ1v) is 8.36. The van der Waals surface area contributed by atoms with Crippen LogP contribution in [0.1, 0.15) is 31.9 Å². The van der Waals surface area contributed by atoms with E-state index in [0.29, 0.717) is 35.3 Å². The molecule has 0 amide bonds. The Balaban J connectivity index is 1.92. The lowest BCUT2D eigenvalue weighted by Crippen LogP contribution is -2.12.